The number of phenols is 1. The Balaban J connectivity index is 1.87. The summed E-state index contributed by atoms with van der Waals surface area (Å²) in [5.41, 5.74) is 4.61. The molecule has 5 heteroatoms. The molecule has 1 amide bonds. The molecule has 1 aromatic heterocycles. The molecule has 5 nitrogen and oxygen atoms in total. The molecule has 2 N–H and O–H groups in total. The van der Waals surface area contributed by atoms with Crippen molar-refractivity contribution in [3.8, 4) is 17.1 Å². The number of nitrogens with one attached hydrogen (secondary N) is 1. The minimum atomic E-state index is -0.127. The molecule has 0 fully saturated rings. The topological polar surface area (TPSA) is 69.2 Å². The van der Waals surface area contributed by atoms with Crippen LogP contribution in [-0.2, 0) is 4.79 Å². The van der Waals surface area contributed by atoms with E-state index in [1.165, 1.54) is 0 Å². The number of likely N-dealkylation sites (N-methyl/N-ethyl adjacent to an activating group) is 1. The third kappa shape index (κ3) is 1.72. The zero-order chi connectivity index (χ0) is 15.4. The maximum atomic E-state index is 12.1. The first-order valence-electron chi connectivity index (χ1n) is 7.15. The number of benzene rings is 2. The van der Waals surface area contributed by atoms with E-state index in [0.29, 0.717) is 0 Å². The van der Waals surface area contributed by atoms with Gasteiger partial charge in [-0.1, -0.05) is 0 Å². The number of fused-ring (bicyclic) bond motifs is 2. The fraction of sp³-hybridized carbons (Fsp3) is 0.176. The number of imidazole rings is 1. The van der Waals surface area contributed by atoms with E-state index in [0.717, 1.165) is 33.7 Å². The summed E-state index contributed by atoms with van der Waals surface area (Å²) in [4.78, 5) is 21.6. The summed E-state index contributed by atoms with van der Waals surface area (Å²) in [7, 11) is 1.80. The molecule has 1 unspecified atom stereocenters. The largest absolute Gasteiger partial charge is 0.508 e. The van der Waals surface area contributed by atoms with E-state index in [-0.39, 0.29) is 17.6 Å². The molecule has 22 heavy (non-hydrogen) atoms. The van der Waals surface area contributed by atoms with E-state index in [1.54, 1.807) is 24.1 Å². The van der Waals surface area contributed by atoms with E-state index in [2.05, 4.69) is 9.97 Å². The fourth-order valence-electron chi connectivity index (χ4n) is 3.00. The Morgan fingerprint density at radius 1 is 1.23 bits per heavy atom. The Morgan fingerprint density at radius 3 is 2.68 bits per heavy atom. The number of hydrogen-bond donors (Lipinski definition) is 2. The van der Waals surface area contributed by atoms with Gasteiger partial charge in [-0.05, 0) is 48.9 Å². The molecule has 1 aliphatic rings. The predicted molar refractivity (Wildman–Crippen MR) is 85.0 cm³/mol. The average molecular weight is 293 g/mol. The van der Waals surface area contributed by atoms with Gasteiger partial charge in [0.15, 0.2) is 0 Å². The van der Waals surface area contributed by atoms with Crippen LogP contribution in [0.2, 0.25) is 0 Å². The van der Waals surface area contributed by atoms with Gasteiger partial charge >= 0.3 is 0 Å². The molecule has 1 atom stereocenters. The molecule has 2 aromatic carbocycles. The first-order chi connectivity index (χ1) is 10.5. The van der Waals surface area contributed by atoms with Gasteiger partial charge in [0.05, 0.1) is 17.0 Å². The zero-order valence-corrected chi connectivity index (χ0v) is 12.3. The molecule has 2 heterocycles. The Hall–Kier alpha value is -2.82. The highest BCUT2D eigenvalue weighted by Crippen LogP contribution is 2.38. The summed E-state index contributed by atoms with van der Waals surface area (Å²) in [6.07, 6.45) is 0. The standard InChI is InChI=1S/C17H15N3O2/c1-9-12-7-13-14(8-15(12)20(2)17(9)22)19-16(18-13)10-3-5-11(21)6-4-10/h3-9,21H,1-2H3,(H,18,19). The highest BCUT2D eigenvalue weighted by molar-refractivity contribution is 6.06. The number of carbonyl (C=O) groups is 1. The van der Waals surface area contributed by atoms with Crippen molar-refractivity contribution < 1.29 is 9.90 Å². The summed E-state index contributed by atoms with van der Waals surface area (Å²) in [5.74, 6) is 0.965. The lowest BCUT2D eigenvalue weighted by Gasteiger charge is -2.09. The summed E-state index contributed by atoms with van der Waals surface area (Å²) >= 11 is 0. The number of aromatic hydroxyl groups is 1. The number of rotatable bonds is 1. The number of aromatic amines is 1. The van der Waals surface area contributed by atoms with E-state index < -0.39 is 0 Å². The molecule has 0 bridgehead atoms. The number of amides is 1. The van der Waals surface area contributed by atoms with Crippen molar-refractivity contribution in [3.05, 3.63) is 42.0 Å². The molecule has 4 rings (SSSR count). The molecular formula is C17H15N3O2. The molecule has 0 saturated carbocycles. The van der Waals surface area contributed by atoms with Gasteiger partial charge in [0.25, 0.3) is 0 Å². The molecule has 0 spiro atoms. The second-order valence-corrected chi connectivity index (χ2v) is 5.68. The second kappa shape index (κ2) is 4.34. The van der Waals surface area contributed by atoms with E-state index in [1.807, 2.05) is 31.2 Å². The Bertz CT molecular complexity index is 847. The van der Waals surface area contributed by atoms with Crippen LogP contribution in [0, 0.1) is 0 Å². The van der Waals surface area contributed by atoms with Gasteiger partial charge < -0.3 is 15.0 Å². The smallest absolute Gasteiger partial charge is 0.234 e. The lowest BCUT2D eigenvalue weighted by molar-refractivity contribution is -0.118. The zero-order valence-electron chi connectivity index (χ0n) is 12.3. The van der Waals surface area contributed by atoms with Gasteiger partial charge in [0.2, 0.25) is 5.91 Å². The summed E-state index contributed by atoms with van der Waals surface area (Å²) in [5, 5.41) is 9.37. The summed E-state index contributed by atoms with van der Waals surface area (Å²) in [6.45, 7) is 1.92. The first kappa shape index (κ1) is 12.9. The van der Waals surface area contributed by atoms with Gasteiger partial charge in [0, 0.05) is 18.3 Å². The first-order valence-corrected chi connectivity index (χ1v) is 7.15. The van der Waals surface area contributed by atoms with Crippen LogP contribution in [0.25, 0.3) is 22.4 Å². The van der Waals surface area contributed by atoms with E-state index in [4.69, 9.17) is 0 Å². The number of anilines is 1. The van der Waals surface area contributed by atoms with Crippen LogP contribution in [0.3, 0.4) is 0 Å². The molecule has 3 aromatic rings. The molecule has 0 aliphatic carbocycles. The van der Waals surface area contributed by atoms with Crippen LogP contribution in [-0.4, -0.2) is 28.0 Å². The summed E-state index contributed by atoms with van der Waals surface area (Å²) < 4.78 is 0. The minimum absolute atomic E-state index is 0.112. The fourth-order valence-corrected chi connectivity index (χ4v) is 3.00. The average Bonchev–Trinajstić information content (AvgIpc) is 3.02. The van der Waals surface area contributed by atoms with Crippen molar-refractivity contribution in [1.29, 1.82) is 0 Å². The van der Waals surface area contributed by atoms with Crippen molar-refractivity contribution in [2.45, 2.75) is 12.8 Å². The van der Waals surface area contributed by atoms with Crippen molar-refractivity contribution in [2.24, 2.45) is 0 Å². The normalized spacial score (nSPS) is 17.3. The van der Waals surface area contributed by atoms with Crippen molar-refractivity contribution in [1.82, 2.24) is 9.97 Å². The molecular weight excluding hydrogens is 278 g/mol. The monoisotopic (exact) mass is 293 g/mol. The highest BCUT2D eigenvalue weighted by atomic mass is 16.3. The van der Waals surface area contributed by atoms with Gasteiger partial charge in [0.1, 0.15) is 11.6 Å². The molecule has 0 saturated heterocycles. The number of hydrogen-bond acceptors (Lipinski definition) is 3. The van der Waals surface area contributed by atoms with Crippen LogP contribution in [0.5, 0.6) is 5.75 Å². The number of nitrogens with zero attached hydrogens (tertiary/aromatic N) is 2. The highest BCUT2D eigenvalue weighted by Gasteiger charge is 2.32. The van der Waals surface area contributed by atoms with Crippen LogP contribution in [0.15, 0.2) is 36.4 Å². The minimum Gasteiger partial charge on any atom is -0.508 e. The third-order valence-electron chi connectivity index (χ3n) is 4.30. The Morgan fingerprint density at radius 2 is 1.95 bits per heavy atom. The van der Waals surface area contributed by atoms with Gasteiger partial charge in [-0.15, -0.1) is 0 Å². The molecule has 0 radical (unpaired) electrons. The SMILES string of the molecule is CC1C(=O)N(C)c2cc3[nH]c(-c4ccc(O)cc4)nc3cc21. The number of aromatic nitrogens is 2. The lowest BCUT2D eigenvalue weighted by Crippen LogP contribution is -2.22. The maximum absolute atomic E-state index is 12.1. The van der Waals surface area contributed by atoms with E-state index in [9.17, 15) is 9.90 Å². The van der Waals surface area contributed by atoms with Gasteiger partial charge in [-0.2, -0.15) is 0 Å². The maximum Gasteiger partial charge on any atom is 0.234 e. The van der Waals surface area contributed by atoms with Crippen LogP contribution < -0.4 is 4.90 Å². The van der Waals surface area contributed by atoms with Crippen LogP contribution in [0.4, 0.5) is 5.69 Å². The van der Waals surface area contributed by atoms with Crippen LogP contribution >= 0.6 is 0 Å². The van der Waals surface area contributed by atoms with Crippen molar-refractivity contribution >= 4 is 22.6 Å². The third-order valence-corrected chi connectivity index (χ3v) is 4.30. The molecule has 1 aliphatic heterocycles. The number of H-pyrrole nitrogens is 1. The lowest BCUT2D eigenvalue weighted by atomic mass is 10.0. The Labute approximate surface area is 127 Å². The number of carbonyl (C=O) groups excluding carboxylic acids is 1. The van der Waals surface area contributed by atoms with Crippen molar-refractivity contribution in [3.63, 3.8) is 0 Å². The summed E-state index contributed by atoms with van der Waals surface area (Å²) in [6, 6.07) is 10.9. The number of phenolic OH excluding ortho intramolecular Hbond substituents is 1. The second-order valence-electron chi connectivity index (χ2n) is 5.68. The van der Waals surface area contributed by atoms with Crippen LogP contribution in [0.1, 0.15) is 18.4 Å². The Kier molecular flexibility index (Phi) is 2.54. The molecule has 110 valence electrons. The van der Waals surface area contributed by atoms with E-state index >= 15 is 0 Å². The van der Waals surface area contributed by atoms with Gasteiger partial charge in [-0.3, -0.25) is 4.79 Å². The van der Waals surface area contributed by atoms with Gasteiger partial charge in [-0.25, -0.2) is 4.98 Å². The quantitative estimate of drug-likeness (QED) is 0.724. The van der Waals surface area contributed by atoms with Crippen molar-refractivity contribution in [2.75, 3.05) is 11.9 Å². The predicted octanol–water partition coefficient (Wildman–Crippen LogP) is 3.02.